The molecule has 0 N–H and O–H groups in total. The van der Waals surface area contributed by atoms with Crippen molar-refractivity contribution < 1.29 is 32.7 Å². The van der Waals surface area contributed by atoms with E-state index in [-0.39, 0.29) is 32.7 Å². The first kappa shape index (κ1) is 17.7. The number of aryl methyl sites for hydroxylation is 2. The second-order valence-electron chi connectivity index (χ2n) is 3.61. The summed E-state index contributed by atoms with van der Waals surface area (Å²) in [6.45, 7) is 10.4. The second-order valence-corrected chi connectivity index (χ2v) is 3.61. The van der Waals surface area contributed by atoms with Gasteiger partial charge in [-0.1, -0.05) is 23.8 Å². The minimum atomic E-state index is 0. The molecular weight excluding hydrogens is 257 g/mol. The smallest absolute Gasteiger partial charge is 0 e. The zero-order chi connectivity index (χ0) is 11.0. The van der Waals surface area contributed by atoms with Crippen molar-refractivity contribution in [1.82, 2.24) is 0 Å². The summed E-state index contributed by atoms with van der Waals surface area (Å²) in [6.07, 6.45) is 5.27. The van der Waals surface area contributed by atoms with Gasteiger partial charge in [0.05, 0.1) is 0 Å². The molecule has 0 unspecified atom stereocenters. The molecule has 1 aromatic rings. The first-order valence-electron chi connectivity index (χ1n) is 5.23. The third-order valence-corrected chi connectivity index (χ3v) is 2.01. The van der Waals surface area contributed by atoms with E-state index in [1.165, 1.54) is 16.7 Å². The standard InChI is InChI=1S/C11H15.C3H7.Y/c1-4-5-11-7-6-9(2)10(3)8-11;1-3-2;/h4,6-8H,5H2,1-3H3;3H,1-2H3;/q2*-1;. The Balaban J connectivity index is 0. The Morgan fingerprint density at radius 1 is 1.00 bits per heavy atom. The van der Waals surface area contributed by atoms with Crippen LogP contribution >= 0.6 is 0 Å². The number of benzene rings is 1. The molecule has 1 heteroatoms. The van der Waals surface area contributed by atoms with Crippen LogP contribution in [0.15, 0.2) is 18.2 Å². The molecular formula is C14H22Y-2. The number of hydrogen-bond acceptors (Lipinski definition) is 0. The molecule has 1 radical (unpaired) electrons. The maximum atomic E-state index is 2.26. The molecule has 0 aliphatic carbocycles. The van der Waals surface area contributed by atoms with E-state index in [1.54, 1.807) is 0 Å². The minimum Gasteiger partial charge on any atom is -0.335 e. The molecule has 0 aromatic heterocycles. The van der Waals surface area contributed by atoms with Crippen molar-refractivity contribution in [3.05, 3.63) is 47.7 Å². The van der Waals surface area contributed by atoms with Crippen LogP contribution in [0.5, 0.6) is 0 Å². The van der Waals surface area contributed by atoms with Gasteiger partial charge in [0.1, 0.15) is 0 Å². The zero-order valence-electron chi connectivity index (χ0n) is 10.7. The van der Waals surface area contributed by atoms with Crippen molar-refractivity contribution in [3.63, 3.8) is 0 Å². The van der Waals surface area contributed by atoms with Crippen LogP contribution in [-0.2, 0) is 39.1 Å². The Hall–Kier alpha value is 0.324. The van der Waals surface area contributed by atoms with Gasteiger partial charge in [-0.15, -0.1) is 0 Å². The van der Waals surface area contributed by atoms with Crippen LogP contribution in [0.25, 0.3) is 0 Å². The summed E-state index contributed by atoms with van der Waals surface area (Å²) in [4.78, 5) is 0. The van der Waals surface area contributed by atoms with Crippen LogP contribution in [0.3, 0.4) is 0 Å². The van der Waals surface area contributed by atoms with Gasteiger partial charge in [0.2, 0.25) is 0 Å². The van der Waals surface area contributed by atoms with Gasteiger partial charge < -0.3 is 12.8 Å². The summed E-state index contributed by atoms with van der Waals surface area (Å²) in [5.74, 6) is 0. The van der Waals surface area contributed by atoms with Crippen LogP contribution in [-0.4, -0.2) is 0 Å². The molecule has 1 rings (SSSR count). The summed E-state index contributed by atoms with van der Waals surface area (Å²) in [5, 5.41) is 0. The first-order chi connectivity index (χ1) is 6.65. The number of hydrogen-bond donors (Lipinski definition) is 0. The average Bonchev–Trinajstić information content (AvgIpc) is 2.13. The van der Waals surface area contributed by atoms with E-state index < -0.39 is 0 Å². The van der Waals surface area contributed by atoms with Crippen LogP contribution in [0, 0.1) is 26.7 Å². The van der Waals surface area contributed by atoms with E-state index in [0.29, 0.717) is 0 Å². The summed E-state index contributed by atoms with van der Waals surface area (Å²) < 4.78 is 0. The van der Waals surface area contributed by atoms with E-state index in [9.17, 15) is 0 Å². The second kappa shape index (κ2) is 10.8. The van der Waals surface area contributed by atoms with Crippen LogP contribution < -0.4 is 0 Å². The molecule has 0 spiro atoms. The monoisotopic (exact) mass is 279 g/mol. The van der Waals surface area contributed by atoms with E-state index >= 15 is 0 Å². The predicted octanol–water partition coefficient (Wildman–Crippen LogP) is 4.30. The van der Waals surface area contributed by atoms with Crippen molar-refractivity contribution in [2.24, 2.45) is 0 Å². The van der Waals surface area contributed by atoms with E-state index in [2.05, 4.69) is 45.4 Å². The fourth-order valence-electron chi connectivity index (χ4n) is 1.17. The van der Waals surface area contributed by atoms with Gasteiger partial charge in [-0.2, -0.15) is 27.2 Å². The molecule has 0 nitrogen and oxygen atoms in total. The fraction of sp³-hybridized carbons (Fsp3) is 0.429. The van der Waals surface area contributed by atoms with Crippen molar-refractivity contribution in [3.8, 4) is 0 Å². The van der Waals surface area contributed by atoms with Crippen molar-refractivity contribution >= 4 is 0 Å². The Labute approximate surface area is 121 Å². The molecule has 0 aliphatic heterocycles. The molecule has 0 amide bonds. The normalized spacial score (nSPS) is 8.60. The van der Waals surface area contributed by atoms with Crippen LogP contribution in [0.1, 0.15) is 37.5 Å². The molecule has 0 aliphatic rings. The van der Waals surface area contributed by atoms with Gasteiger partial charge in [0.15, 0.2) is 0 Å². The first-order valence-corrected chi connectivity index (χ1v) is 5.23. The Morgan fingerprint density at radius 2 is 1.53 bits per heavy atom. The molecule has 83 valence electrons. The third kappa shape index (κ3) is 8.16. The van der Waals surface area contributed by atoms with Crippen LogP contribution in [0.4, 0.5) is 0 Å². The zero-order valence-corrected chi connectivity index (χ0v) is 13.5. The van der Waals surface area contributed by atoms with Crippen LogP contribution in [0.2, 0.25) is 0 Å². The number of rotatable bonds is 2. The van der Waals surface area contributed by atoms with E-state index in [0.717, 1.165) is 6.42 Å². The average molecular weight is 279 g/mol. The van der Waals surface area contributed by atoms with Gasteiger partial charge in [-0.05, 0) is 25.0 Å². The molecule has 0 saturated carbocycles. The molecule has 15 heavy (non-hydrogen) atoms. The summed E-state index contributed by atoms with van der Waals surface area (Å²) >= 11 is 0. The SMILES string of the molecule is C[CH-]C.C[CH-]Cc1ccc(C)c(C)c1.[Y]. The fourth-order valence-corrected chi connectivity index (χ4v) is 1.17. The maximum Gasteiger partial charge on any atom is 0 e. The van der Waals surface area contributed by atoms with E-state index in [4.69, 9.17) is 0 Å². The van der Waals surface area contributed by atoms with Gasteiger partial charge in [0.25, 0.3) is 0 Å². The summed E-state index contributed by atoms with van der Waals surface area (Å²) in [7, 11) is 0. The molecule has 0 saturated heterocycles. The molecule has 0 bridgehead atoms. The predicted molar refractivity (Wildman–Crippen MR) is 65.2 cm³/mol. The third-order valence-electron chi connectivity index (χ3n) is 2.01. The van der Waals surface area contributed by atoms with Crippen molar-refractivity contribution in [2.75, 3.05) is 0 Å². The molecule has 0 heterocycles. The van der Waals surface area contributed by atoms with Gasteiger partial charge >= 0.3 is 0 Å². The molecule has 1 aromatic carbocycles. The molecule has 0 fully saturated rings. The Kier molecular flexibility index (Phi) is 12.8. The van der Waals surface area contributed by atoms with Crippen molar-refractivity contribution in [2.45, 2.75) is 41.0 Å². The summed E-state index contributed by atoms with van der Waals surface area (Å²) in [6, 6.07) is 6.64. The quantitative estimate of drug-likeness (QED) is 0.708. The maximum absolute atomic E-state index is 2.26. The molecule has 0 atom stereocenters. The Morgan fingerprint density at radius 3 is 1.93 bits per heavy atom. The Bertz CT molecular complexity index is 254. The van der Waals surface area contributed by atoms with Gasteiger partial charge in [0, 0.05) is 32.7 Å². The topological polar surface area (TPSA) is 0 Å². The van der Waals surface area contributed by atoms with Crippen molar-refractivity contribution in [1.29, 1.82) is 0 Å². The summed E-state index contributed by atoms with van der Waals surface area (Å²) in [5.41, 5.74) is 4.19. The van der Waals surface area contributed by atoms with E-state index in [1.807, 2.05) is 20.3 Å². The largest absolute Gasteiger partial charge is 0.335 e. The minimum absolute atomic E-state index is 0. The van der Waals surface area contributed by atoms with Gasteiger partial charge in [-0.3, -0.25) is 0 Å². The van der Waals surface area contributed by atoms with Gasteiger partial charge in [-0.25, -0.2) is 0 Å².